The highest BCUT2D eigenvalue weighted by Crippen LogP contribution is 2.42. The predicted molar refractivity (Wildman–Crippen MR) is 224 cm³/mol. The Morgan fingerprint density at radius 1 is 0.932 bits per heavy atom. The molecule has 2 aliphatic heterocycles. The second-order valence-corrected chi connectivity index (χ2v) is 15.8. The minimum atomic E-state index is -1.01. The highest BCUT2D eigenvalue weighted by molar-refractivity contribution is 8.00. The number of amides is 2. The number of ether oxygens (including phenoxy) is 2. The van der Waals surface area contributed by atoms with E-state index in [1.165, 1.54) is 34.9 Å². The molecule has 2 atom stereocenters. The van der Waals surface area contributed by atoms with Crippen molar-refractivity contribution in [1.82, 2.24) is 24.8 Å². The third-order valence-electron chi connectivity index (χ3n) is 9.87. The third-order valence-corrected chi connectivity index (χ3v) is 12.0. The number of β-lactam (4-membered cyclic amide) rings is 1. The van der Waals surface area contributed by atoms with Gasteiger partial charge in [0.15, 0.2) is 17.5 Å². The molecule has 0 saturated carbocycles. The van der Waals surface area contributed by atoms with Gasteiger partial charge in [-0.2, -0.15) is 0 Å². The highest BCUT2D eigenvalue weighted by atomic mass is 32.2. The number of benzene rings is 3. The first-order chi connectivity index (χ1) is 28.7. The van der Waals surface area contributed by atoms with Gasteiger partial charge >= 0.3 is 11.9 Å². The molecule has 7 rings (SSSR count). The maximum absolute atomic E-state index is 14.3. The predicted octanol–water partition coefficient (Wildman–Crippen LogP) is 5.76. The Kier molecular flexibility index (Phi) is 12.9. The number of nitrogens with zero attached hydrogens (tertiary/aromatic N) is 5. The van der Waals surface area contributed by atoms with Crippen LogP contribution in [0.15, 0.2) is 125 Å². The number of carbonyl (C=O) groups is 4. The van der Waals surface area contributed by atoms with Crippen LogP contribution in [0, 0.1) is 0 Å². The number of hydrogen-bond donors (Lipinski definition) is 2. The molecule has 3 aromatic carbocycles. The number of nitrogens with one attached hydrogen (secondary N) is 2. The number of carbonyl (C=O) groups excluding carboxylic acids is 4. The molecule has 0 spiro atoms. The summed E-state index contributed by atoms with van der Waals surface area (Å²) in [5, 5.41) is 12.4. The zero-order chi connectivity index (χ0) is 41.4. The SMILES string of the molecule is CCCCOC(=O)C1=C(COC(C)=O)CS[C@@H]2[C@H](NC(=O)/C(=N/OCc3cncn3C)c3csc(NC(c4ccccc4)(c4ccccc4)c4ccccc4)n3)C(=O)N12. The summed E-state index contributed by atoms with van der Waals surface area (Å²) in [5.41, 5.74) is 3.28. The molecule has 1 fully saturated rings. The fourth-order valence-electron chi connectivity index (χ4n) is 6.83. The molecule has 59 heavy (non-hydrogen) atoms. The van der Waals surface area contributed by atoms with Gasteiger partial charge in [0, 0.05) is 30.7 Å². The van der Waals surface area contributed by atoms with E-state index < -0.39 is 40.7 Å². The molecule has 2 N–H and O–H groups in total. The van der Waals surface area contributed by atoms with Crippen molar-refractivity contribution in [3.05, 3.63) is 148 Å². The van der Waals surface area contributed by atoms with Crippen molar-refractivity contribution in [3.8, 4) is 0 Å². The maximum atomic E-state index is 14.3. The van der Waals surface area contributed by atoms with Crippen LogP contribution in [0.25, 0.3) is 0 Å². The van der Waals surface area contributed by atoms with E-state index in [0.717, 1.165) is 23.1 Å². The molecule has 4 heterocycles. The summed E-state index contributed by atoms with van der Waals surface area (Å²) in [6.07, 6.45) is 4.71. The summed E-state index contributed by atoms with van der Waals surface area (Å²) in [6, 6.07) is 29.2. The average Bonchev–Trinajstić information content (AvgIpc) is 3.91. The van der Waals surface area contributed by atoms with E-state index in [2.05, 4.69) is 57.2 Å². The van der Waals surface area contributed by atoms with Gasteiger partial charge in [0.05, 0.1) is 24.8 Å². The lowest BCUT2D eigenvalue weighted by atomic mass is 9.77. The number of rotatable bonds is 17. The van der Waals surface area contributed by atoms with E-state index in [9.17, 15) is 19.2 Å². The minimum absolute atomic E-state index is 0.00960. The average molecular weight is 834 g/mol. The highest BCUT2D eigenvalue weighted by Gasteiger charge is 2.55. The zero-order valence-electron chi connectivity index (χ0n) is 32.7. The number of esters is 2. The normalized spacial score (nSPS) is 16.5. The van der Waals surface area contributed by atoms with Gasteiger partial charge in [-0.05, 0) is 23.1 Å². The maximum Gasteiger partial charge on any atom is 0.355 e. The van der Waals surface area contributed by atoms with Crippen molar-refractivity contribution in [2.75, 3.05) is 24.3 Å². The summed E-state index contributed by atoms with van der Waals surface area (Å²) < 4.78 is 12.5. The lowest BCUT2D eigenvalue weighted by molar-refractivity contribution is -0.152. The molecule has 16 heteroatoms. The van der Waals surface area contributed by atoms with Crippen LogP contribution in [-0.4, -0.2) is 79.3 Å². The van der Waals surface area contributed by atoms with E-state index in [1.54, 1.807) is 22.5 Å². The Balaban J connectivity index is 1.19. The summed E-state index contributed by atoms with van der Waals surface area (Å²) in [5.74, 6) is -2.16. The third kappa shape index (κ3) is 8.78. The number of fused-ring (bicyclic) bond motifs is 1. The molecule has 14 nitrogen and oxygen atoms in total. The standard InChI is InChI=1S/C43H43N7O7S2/c1-4-5-21-55-41(54)37-29(23-56-28(2)51)25-58-40-36(39(53)50(37)40)46-38(52)35(48-57-24-33-22-44-27-49(33)3)34-26-59-42(45-34)47-43(30-15-9-6-10-16-30,31-17-11-7-12-18-31)32-19-13-8-14-20-32/h6-20,22,26-27,36,40H,4-5,21,23-25H2,1-3H3,(H,45,47)(H,46,52)/b48-35+/t36-,40-/m1/s1. The smallest absolute Gasteiger partial charge is 0.355 e. The molecular weight excluding hydrogens is 791 g/mol. The Morgan fingerprint density at radius 3 is 2.15 bits per heavy atom. The van der Waals surface area contributed by atoms with Gasteiger partial charge in [-0.25, -0.2) is 14.8 Å². The van der Waals surface area contributed by atoms with Gasteiger partial charge < -0.3 is 29.5 Å². The molecule has 0 radical (unpaired) electrons. The van der Waals surface area contributed by atoms with Crippen LogP contribution in [0.4, 0.5) is 5.13 Å². The second-order valence-electron chi connectivity index (χ2n) is 13.8. The van der Waals surface area contributed by atoms with Crippen LogP contribution >= 0.6 is 23.1 Å². The zero-order valence-corrected chi connectivity index (χ0v) is 34.3. The van der Waals surface area contributed by atoms with E-state index in [0.29, 0.717) is 22.8 Å². The second kappa shape index (κ2) is 18.6. The van der Waals surface area contributed by atoms with Crippen LogP contribution in [0.1, 0.15) is 54.8 Å². The van der Waals surface area contributed by atoms with Crippen molar-refractivity contribution in [2.45, 2.75) is 50.3 Å². The molecule has 304 valence electrons. The molecule has 2 amide bonds. The van der Waals surface area contributed by atoms with Crippen LogP contribution in [0.2, 0.25) is 0 Å². The molecule has 1 saturated heterocycles. The molecule has 2 aliphatic rings. The summed E-state index contributed by atoms with van der Waals surface area (Å²) in [7, 11) is 1.82. The monoisotopic (exact) mass is 833 g/mol. The fraction of sp³-hybridized carbons (Fsp3) is 0.279. The number of thiazole rings is 1. The van der Waals surface area contributed by atoms with Crippen molar-refractivity contribution in [1.29, 1.82) is 0 Å². The molecular formula is C43H43N7O7S2. The van der Waals surface area contributed by atoms with E-state index in [1.807, 2.05) is 68.6 Å². The van der Waals surface area contributed by atoms with Gasteiger partial charge in [-0.15, -0.1) is 23.1 Å². The van der Waals surface area contributed by atoms with Crippen LogP contribution in [0.3, 0.4) is 0 Å². The number of aryl methyl sites for hydroxylation is 1. The van der Waals surface area contributed by atoms with Crippen LogP contribution in [-0.2, 0) is 52.7 Å². The van der Waals surface area contributed by atoms with Crippen molar-refractivity contribution in [2.24, 2.45) is 12.2 Å². The summed E-state index contributed by atoms with van der Waals surface area (Å²) in [4.78, 5) is 69.2. The van der Waals surface area contributed by atoms with E-state index in [-0.39, 0.29) is 42.7 Å². The van der Waals surface area contributed by atoms with Gasteiger partial charge in [0.1, 0.15) is 35.0 Å². The quantitative estimate of drug-likeness (QED) is 0.0292. The summed E-state index contributed by atoms with van der Waals surface area (Å²) in [6.45, 7) is 3.25. The van der Waals surface area contributed by atoms with E-state index >= 15 is 0 Å². The first kappa shape index (κ1) is 40.9. The molecule has 5 aromatic rings. The fourth-order valence-corrected chi connectivity index (χ4v) is 8.91. The van der Waals surface area contributed by atoms with Gasteiger partial charge in [-0.3, -0.25) is 19.3 Å². The Bertz CT molecular complexity index is 2250. The molecule has 0 bridgehead atoms. The van der Waals surface area contributed by atoms with Crippen molar-refractivity contribution < 1.29 is 33.5 Å². The minimum Gasteiger partial charge on any atom is -0.461 e. The number of unbranched alkanes of at least 4 members (excludes halogenated alkanes) is 1. The number of aromatic nitrogens is 3. The lowest BCUT2D eigenvalue weighted by Crippen LogP contribution is -2.71. The van der Waals surface area contributed by atoms with Crippen molar-refractivity contribution in [3.63, 3.8) is 0 Å². The number of thioether (sulfide) groups is 1. The Labute approximate surface area is 349 Å². The molecule has 2 aromatic heterocycles. The first-order valence-electron chi connectivity index (χ1n) is 19.0. The first-order valence-corrected chi connectivity index (χ1v) is 21.0. The molecule has 0 aliphatic carbocycles. The molecule has 0 unspecified atom stereocenters. The van der Waals surface area contributed by atoms with Gasteiger partial charge in [0.2, 0.25) is 0 Å². The lowest BCUT2D eigenvalue weighted by Gasteiger charge is -2.49. The largest absolute Gasteiger partial charge is 0.461 e. The van der Waals surface area contributed by atoms with Crippen LogP contribution in [0.5, 0.6) is 0 Å². The topological polar surface area (TPSA) is 166 Å². The number of hydrogen-bond acceptors (Lipinski definition) is 13. The Morgan fingerprint density at radius 2 is 1.58 bits per heavy atom. The van der Waals surface area contributed by atoms with E-state index in [4.69, 9.17) is 19.3 Å². The van der Waals surface area contributed by atoms with Crippen molar-refractivity contribution >= 4 is 57.7 Å². The van der Waals surface area contributed by atoms with Crippen LogP contribution < -0.4 is 10.6 Å². The number of anilines is 1. The Hall–Kier alpha value is -6.26. The van der Waals surface area contributed by atoms with Gasteiger partial charge in [0.25, 0.3) is 11.8 Å². The number of oxime groups is 1. The summed E-state index contributed by atoms with van der Waals surface area (Å²) >= 11 is 2.62. The number of imidazole rings is 1. The van der Waals surface area contributed by atoms with Gasteiger partial charge in [-0.1, -0.05) is 109 Å².